The van der Waals surface area contributed by atoms with Crippen LogP contribution >= 0.6 is 0 Å². The molecule has 0 amide bonds. The number of fused-ring (bicyclic) bond motifs is 3. The molecule has 2 aromatic carbocycles. The summed E-state index contributed by atoms with van der Waals surface area (Å²) in [5, 5.41) is 2.56. The third-order valence-electron chi connectivity index (χ3n) is 4.52. The Hall–Kier alpha value is -1.96. The molecule has 2 nitrogen and oxygen atoms in total. The quantitative estimate of drug-likeness (QED) is 0.398. The van der Waals surface area contributed by atoms with E-state index in [0.29, 0.717) is 14.5 Å². The van der Waals surface area contributed by atoms with Crippen LogP contribution in [0.1, 0.15) is 36.5 Å². The predicted octanol–water partition coefficient (Wildman–Crippen LogP) is 5.71. The van der Waals surface area contributed by atoms with E-state index in [4.69, 9.17) is 9.97 Å². The van der Waals surface area contributed by atoms with Gasteiger partial charge in [0.15, 0.2) is 0 Å². The molecule has 4 aromatic rings. The van der Waals surface area contributed by atoms with Crippen LogP contribution in [0.25, 0.3) is 31.8 Å². The van der Waals surface area contributed by atoms with Crippen molar-refractivity contribution >= 4 is 35.1 Å². The van der Waals surface area contributed by atoms with Gasteiger partial charge in [-0.2, -0.15) is 0 Å². The third-order valence-corrected chi connectivity index (χ3v) is 6.83. The zero-order valence-corrected chi connectivity index (χ0v) is 17.8. The normalized spacial score (nSPS) is 12.2. The van der Waals surface area contributed by atoms with Crippen molar-refractivity contribution in [2.24, 2.45) is 5.41 Å². The number of rotatable bonds is 2. The van der Waals surface area contributed by atoms with Crippen LogP contribution in [0.2, 0.25) is 0 Å². The molecule has 0 saturated carbocycles. The van der Waals surface area contributed by atoms with Crippen molar-refractivity contribution < 1.29 is 0 Å². The monoisotopic (exact) mass is 408 g/mol. The van der Waals surface area contributed by atoms with Gasteiger partial charge in [-0.25, -0.2) is 0 Å². The van der Waals surface area contributed by atoms with Gasteiger partial charge in [-0.05, 0) is 0 Å². The molecule has 0 radical (unpaired) electrons. The van der Waals surface area contributed by atoms with Gasteiger partial charge >= 0.3 is 161 Å². The molecule has 4 rings (SSSR count). The molecule has 0 aliphatic rings. The Morgan fingerprint density at radius 2 is 1.65 bits per heavy atom. The van der Waals surface area contributed by atoms with Crippen molar-refractivity contribution in [1.29, 1.82) is 0 Å². The molecule has 0 aliphatic heterocycles. The molecule has 0 fully saturated rings. The fraction of sp³-hybridized carbons (Fsp3) is 0.304. The number of nitrogens with zero attached hydrogens (tertiary/aromatic N) is 2. The Morgan fingerprint density at radius 1 is 0.923 bits per heavy atom. The summed E-state index contributed by atoms with van der Waals surface area (Å²) in [6.07, 6.45) is 3.02. The van der Waals surface area contributed by atoms with Crippen molar-refractivity contribution in [3.8, 4) is 11.3 Å². The number of benzene rings is 2. The van der Waals surface area contributed by atoms with E-state index < -0.39 is 0 Å². The van der Waals surface area contributed by atoms with Crippen molar-refractivity contribution in [1.82, 2.24) is 9.97 Å². The first-order valence-electron chi connectivity index (χ1n) is 9.06. The van der Waals surface area contributed by atoms with Gasteiger partial charge in [0.05, 0.1) is 0 Å². The molecule has 0 unspecified atom stereocenters. The summed E-state index contributed by atoms with van der Waals surface area (Å²) in [6, 6.07) is 13.2. The fourth-order valence-corrected chi connectivity index (χ4v) is 6.48. The first-order valence-corrected chi connectivity index (χ1v) is 10.8. The maximum atomic E-state index is 4.94. The third kappa shape index (κ3) is 3.34. The zero-order chi connectivity index (χ0) is 18.5. The van der Waals surface area contributed by atoms with E-state index in [9.17, 15) is 0 Å². The first kappa shape index (κ1) is 17.5. The Morgan fingerprint density at radius 3 is 2.35 bits per heavy atom. The van der Waals surface area contributed by atoms with Crippen molar-refractivity contribution in [2.75, 3.05) is 0 Å². The second-order valence-corrected chi connectivity index (χ2v) is 10.7. The molecule has 2 aromatic heterocycles. The summed E-state index contributed by atoms with van der Waals surface area (Å²) in [4.78, 5) is 9.67. The van der Waals surface area contributed by atoms with E-state index in [-0.39, 0.29) is 5.41 Å². The van der Waals surface area contributed by atoms with Crippen LogP contribution < -0.4 is 0 Å². The average molecular weight is 407 g/mol. The minimum absolute atomic E-state index is 0.282. The zero-order valence-electron chi connectivity index (χ0n) is 16.1. The molecule has 132 valence electrons. The summed E-state index contributed by atoms with van der Waals surface area (Å²) in [5.41, 5.74) is 6.28. The summed E-state index contributed by atoms with van der Waals surface area (Å²) in [5.74, 6) is 0. The molecular weight excluding hydrogens is 383 g/mol. The number of aromatic nitrogens is 2. The van der Waals surface area contributed by atoms with Gasteiger partial charge in [0.25, 0.3) is 0 Å². The van der Waals surface area contributed by atoms with Crippen molar-refractivity contribution in [3.63, 3.8) is 0 Å². The number of pyridine rings is 1. The van der Waals surface area contributed by atoms with Gasteiger partial charge in [0.2, 0.25) is 0 Å². The SMILES string of the molecule is Cc1cc(C)cc(-c2nccc3c2ccc2nc(CC(C)(C)C)[se]c23)c1. The van der Waals surface area contributed by atoms with Crippen LogP contribution in [0.15, 0.2) is 42.6 Å². The Kier molecular flexibility index (Phi) is 4.25. The molecule has 0 saturated heterocycles. The molecule has 0 aliphatic carbocycles. The van der Waals surface area contributed by atoms with Gasteiger partial charge in [-0.3, -0.25) is 0 Å². The van der Waals surface area contributed by atoms with Gasteiger partial charge in [0, 0.05) is 0 Å². The molecule has 0 spiro atoms. The number of hydrogen-bond donors (Lipinski definition) is 0. The van der Waals surface area contributed by atoms with E-state index in [0.717, 1.165) is 17.6 Å². The van der Waals surface area contributed by atoms with Crippen LogP contribution in [0.3, 0.4) is 0 Å². The van der Waals surface area contributed by atoms with Crippen LogP contribution in [0, 0.1) is 19.3 Å². The molecule has 0 bridgehead atoms. The Balaban J connectivity index is 1.93. The summed E-state index contributed by atoms with van der Waals surface area (Å²) in [7, 11) is 0. The Labute approximate surface area is 161 Å². The van der Waals surface area contributed by atoms with Gasteiger partial charge in [-0.15, -0.1) is 0 Å². The molecular formula is C23H24N2Se. The average Bonchev–Trinajstić information content (AvgIpc) is 2.94. The second-order valence-electron chi connectivity index (χ2n) is 8.39. The van der Waals surface area contributed by atoms with Crippen LogP contribution in [-0.2, 0) is 6.42 Å². The summed E-state index contributed by atoms with van der Waals surface area (Å²) >= 11 is 0.309. The van der Waals surface area contributed by atoms with E-state index >= 15 is 0 Å². The molecule has 2 heterocycles. The molecule has 3 heteroatoms. The summed E-state index contributed by atoms with van der Waals surface area (Å²) < 4.78 is 2.78. The number of aryl methyl sites for hydroxylation is 2. The van der Waals surface area contributed by atoms with Gasteiger partial charge < -0.3 is 0 Å². The number of hydrogen-bond acceptors (Lipinski definition) is 2. The summed E-state index contributed by atoms with van der Waals surface area (Å²) in [6.45, 7) is 11.2. The van der Waals surface area contributed by atoms with E-state index in [1.54, 1.807) is 0 Å². The van der Waals surface area contributed by atoms with E-state index in [1.807, 2.05) is 6.20 Å². The van der Waals surface area contributed by atoms with Crippen LogP contribution in [0.5, 0.6) is 0 Å². The topological polar surface area (TPSA) is 25.8 Å². The van der Waals surface area contributed by atoms with Crippen LogP contribution in [-0.4, -0.2) is 24.5 Å². The predicted molar refractivity (Wildman–Crippen MR) is 112 cm³/mol. The van der Waals surface area contributed by atoms with E-state index in [2.05, 4.69) is 71.0 Å². The van der Waals surface area contributed by atoms with Crippen LogP contribution in [0.4, 0.5) is 0 Å². The van der Waals surface area contributed by atoms with Gasteiger partial charge in [0.1, 0.15) is 0 Å². The maximum absolute atomic E-state index is 4.94. The molecule has 0 atom stereocenters. The molecule has 0 N–H and O–H groups in total. The fourth-order valence-electron chi connectivity index (χ4n) is 3.56. The van der Waals surface area contributed by atoms with Crippen molar-refractivity contribution in [3.05, 3.63) is 58.3 Å². The minimum atomic E-state index is 0.282. The first-order chi connectivity index (χ1) is 12.3. The molecule has 26 heavy (non-hydrogen) atoms. The van der Waals surface area contributed by atoms with Crippen molar-refractivity contribution in [2.45, 2.75) is 41.0 Å². The van der Waals surface area contributed by atoms with Gasteiger partial charge in [-0.1, -0.05) is 0 Å². The Bertz CT molecular complexity index is 1100. The second kappa shape index (κ2) is 6.33. The van der Waals surface area contributed by atoms with E-state index in [1.165, 1.54) is 36.3 Å². The standard InChI is InChI=1S/C23H24N2Se/c1-14-10-15(2)12-16(11-14)21-17-6-7-19-22(18(17)8-9-24-21)26-20(25-19)13-23(3,4)5/h6-12H,13H2,1-5H3.